The first-order chi connectivity index (χ1) is 8.90. The normalized spacial score (nSPS) is 13.4. The number of aliphatic hydroxyl groups is 1. The third kappa shape index (κ3) is 4.97. The van der Waals surface area contributed by atoms with Crippen molar-refractivity contribution < 1.29 is 19.8 Å². The highest BCUT2D eigenvalue weighted by Crippen LogP contribution is 2.03. The zero-order valence-corrected chi connectivity index (χ0v) is 10.9. The third-order valence-corrected chi connectivity index (χ3v) is 2.57. The van der Waals surface area contributed by atoms with Crippen LogP contribution in [0.2, 0.25) is 0 Å². The minimum atomic E-state index is -1.32. The lowest BCUT2D eigenvalue weighted by Gasteiger charge is -2.17. The number of benzene rings is 1. The Kier molecular flexibility index (Phi) is 5.32. The van der Waals surface area contributed by atoms with Gasteiger partial charge in [-0.1, -0.05) is 29.8 Å². The molecule has 2 amide bonds. The fraction of sp³-hybridized carbons (Fsp3) is 0.385. The second-order valence-electron chi connectivity index (χ2n) is 4.37. The second kappa shape index (κ2) is 6.75. The number of urea groups is 1. The van der Waals surface area contributed by atoms with E-state index < -0.39 is 24.1 Å². The lowest BCUT2D eigenvalue weighted by molar-refractivity contribution is -0.141. The topological polar surface area (TPSA) is 98.7 Å². The Labute approximate surface area is 111 Å². The van der Waals surface area contributed by atoms with E-state index in [-0.39, 0.29) is 0 Å². The van der Waals surface area contributed by atoms with Gasteiger partial charge in [-0.3, -0.25) is 0 Å². The van der Waals surface area contributed by atoms with E-state index >= 15 is 0 Å². The number of hydrogen-bond acceptors (Lipinski definition) is 3. The van der Waals surface area contributed by atoms with E-state index in [2.05, 4.69) is 10.6 Å². The van der Waals surface area contributed by atoms with Crippen LogP contribution in [0.15, 0.2) is 24.3 Å². The van der Waals surface area contributed by atoms with E-state index in [4.69, 9.17) is 5.11 Å². The molecule has 6 nitrogen and oxygen atoms in total. The molecule has 0 bridgehead atoms. The van der Waals surface area contributed by atoms with Crippen molar-refractivity contribution in [1.82, 2.24) is 10.6 Å². The van der Waals surface area contributed by atoms with Gasteiger partial charge in [-0.05, 0) is 19.4 Å². The highest BCUT2D eigenvalue weighted by atomic mass is 16.4. The fourth-order valence-corrected chi connectivity index (χ4v) is 1.59. The van der Waals surface area contributed by atoms with Crippen LogP contribution in [0.4, 0.5) is 4.79 Å². The maximum Gasteiger partial charge on any atom is 0.328 e. The number of carboxylic acids is 1. The van der Waals surface area contributed by atoms with Gasteiger partial charge >= 0.3 is 12.0 Å². The van der Waals surface area contributed by atoms with Crippen LogP contribution in [0.5, 0.6) is 0 Å². The van der Waals surface area contributed by atoms with Crippen LogP contribution in [-0.2, 0) is 11.3 Å². The second-order valence-corrected chi connectivity index (χ2v) is 4.37. The number of amides is 2. The van der Waals surface area contributed by atoms with Crippen LogP contribution in [0, 0.1) is 6.92 Å². The maximum absolute atomic E-state index is 11.5. The number of carbonyl (C=O) groups excluding carboxylic acids is 1. The van der Waals surface area contributed by atoms with E-state index in [0.29, 0.717) is 6.54 Å². The Morgan fingerprint density at radius 3 is 2.58 bits per heavy atom. The lowest BCUT2D eigenvalue weighted by Crippen LogP contribution is -2.50. The molecule has 19 heavy (non-hydrogen) atoms. The predicted molar refractivity (Wildman–Crippen MR) is 69.7 cm³/mol. The van der Waals surface area contributed by atoms with Gasteiger partial charge in [0, 0.05) is 6.54 Å². The standard InChI is InChI=1S/C13H18N2O4/c1-8-4-3-5-10(6-8)7-14-13(19)15-11(9(2)16)12(17)18/h3-6,9,11,16H,7H2,1-2H3,(H,17,18)(H2,14,15,19)/t9-,11+/m1/s1. The average Bonchev–Trinajstić information content (AvgIpc) is 2.32. The molecule has 0 saturated carbocycles. The van der Waals surface area contributed by atoms with Gasteiger partial charge in [-0.2, -0.15) is 0 Å². The van der Waals surface area contributed by atoms with Gasteiger partial charge in [-0.15, -0.1) is 0 Å². The van der Waals surface area contributed by atoms with Crippen molar-refractivity contribution in [2.45, 2.75) is 32.5 Å². The summed E-state index contributed by atoms with van der Waals surface area (Å²) >= 11 is 0. The fourth-order valence-electron chi connectivity index (χ4n) is 1.59. The molecule has 104 valence electrons. The van der Waals surface area contributed by atoms with Gasteiger partial charge in [0.1, 0.15) is 0 Å². The molecule has 0 spiro atoms. The Hall–Kier alpha value is -2.08. The first-order valence-electron chi connectivity index (χ1n) is 5.91. The lowest BCUT2D eigenvalue weighted by atomic mass is 10.1. The van der Waals surface area contributed by atoms with Crippen molar-refractivity contribution in [2.24, 2.45) is 0 Å². The van der Waals surface area contributed by atoms with E-state index in [1.165, 1.54) is 6.92 Å². The van der Waals surface area contributed by atoms with Gasteiger partial charge in [0.2, 0.25) is 0 Å². The summed E-state index contributed by atoms with van der Waals surface area (Å²) in [5, 5.41) is 22.8. The van der Waals surface area contributed by atoms with Crippen molar-refractivity contribution >= 4 is 12.0 Å². The van der Waals surface area contributed by atoms with Crippen LogP contribution in [0.3, 0.4) is 0 Å². The molecule has 0 aliphatic rings. The summed E-state index contributed by atoms with van der Waals surface area (Å²) < 4.78 is 0. The zero-order chi connectivity index (χ0) is 14.4. The molecule has 1 aromatic carbocycles. The minimum Gasteiger partial charge on any atom is -0.480 e. The van der Waals surface area contributed by atoms with Gasteiger partial charge in [-0.25, -0.2) is 9.59 Å². The largest absolute Gasteiger partial charge is 0.480 e. The van der Waals surface area contributed by atoms with Crippen LogP contribution in [0.25, 0.3) is 0 Å². The molecule has 0 aromatic heterocycles. The van der Waals surface area contributed by atoms with Gasteiger partial charge < -0.3 is 20.8 Å². The molecule has 6 heteroatoms. The molecule has 0 radical (unpaired) electrons. The first kappa shape index (κ1) is 15.0. The highest BCUT2D eigenvalue weighted by molar-refractivity contribution is 5.82. The Bertz CT molecular complexity index is 460. The first-order valence-corrected chi connectivity index (χ1v) is 5.91. The van der Waals surface area contributed by atoms with Gasteiger partial charge in [0.05, 0.1) is 6.10 Å². The summed E-state index contributed by atoms with van der Waals surface area (Å²) in [7, 11) is 0. The van der Waals surface area contributed by atoms with Crippen LogP contribution in [0.1, 0.15) is 18.1 Å². The van der Waals surface area contributed by atoms with Crippen LogP contribution < -0.4 is 10.6 Å². The molecule has 0 aliphatic carbocycles. The molecule has 2 atom stereocenters. The third-order valence-electron chi connectivity index (χ3n) is 2.57. The summed E-state index contributed by atoms with van der Waals surface area (Å²) in [5.41, 5.74) is 1.99. The van der Waals surface area contributed by atoms with Gasteiger partial charge in [0.15, 0.2) is 6.04 Å². The number of nitrogens with one attached hydrogen (secondary N) is 2. The number of carboxylic acid groups (broad SMARTS) is 1. The maximum atomic E-state index is 11.5. The number of hydrogen-bond donors (Lipinski definition) is 4. The number of aliphatic hydroxyl groups excluding tert-OH is 1. The van der Waals surface area contributed by atoms with E-state index in [0.717, 1.165) is 11.1 Å². The molecular formula is C13H18N2O4. The highest BCUT2D eigenvalue weighted by Gasteiger charge is 2.24. The quantitative estimate of drug-likeness (QED) is 0.628. The number of carbonyl (C=O) groups is 2. The average molecular weight is 266 g/mol. The molecule has 1 aromatic rings. The Balaban J connectivity index is 2.49. The summed E-state index contributed by atoms with van der Waals surface area (Å²) in [6.07, 6.45) is -1.16. The smallest absolute Gasteiger partial charge is 0.328 e. The molecule has 0 aliphatic heterocycles. The molecule has 0 saturated heterocycles. The molecule has 0 unspecified atom stereocenters. The van der Waals surface area contributed by atoms with Crippen molar-refractivity contribution in [3.8, 4) is 0 Å². The summed E-state index contributed by atoms with van der Waals surface area (Å²) in [6.45, 7) is 3.54. The molecule has 0 heterocycles. The molecular weight excluding hydrogens is 248 g/mol. The molecule has 0 fully saturated rings. The number of rotatable bonds is 5. The monoisotopic (exact) mass is 266 g/mol. The van der Waals surface area contributed by atoms with E-state index in [1.54, 1.807) is 0 Å². The van der Waals surface area contributed by atoms with Crippen molar-refractivity contribution in [3.63, 3.8) is 0 Å². The van der Waals surface area contributed by atoms with Crippen molar-refractivity contribution in [1.29, 1.82) is 0 Å². The predicted octanol–water partition coefficient (Wildman–Crippen LogP) is 0.628. The van der Waals surface area contributed by atoms with E-state index in [9.17, 15) is 14.7 Å². The summed E-state index contributed by atoms with van der Waals surface area (Å²) in [4.78, 5) is 22.3. The SMILES string of the molecule is Cc1cccc(CNC(=O)N[C@H](C(=O)O)[C@@H](C)O)c1. The van der Waals surface area contributed by atoms with Gasteiger partial charge in [0.25, 0.3) is 0 Å². The molecule has 4 N–H and O–H groups in total. The summed E-state index contributed by atoms with van der Waals surface area (Å²) in [6, 6.07) is 5.64. The Morgan fingerprint density at radius 1 is 1.37 bits per heavy atom. The molecule has 1 rings (SSSR count). The summed E-state index contributed by atoms with van der Waals surface area (Å²) in [5.74, 6) is -1.28. The van der Waals surface area contributed by atoms with Crippen molar-refractivity contribution in [3.05, 3.63) is 35.4 Å². The van der Waals surface area contributed by atoms with Crippen LogP contribution in [-0.4, -0.2) is 34.4 Å². The van der Waals surface area contributed by atoms with E-state index in [1.807, 2.05) is 31.2 Å². The van der Waals surface area contributed by atoms with Crippen molar-refractivity contribution in [2.75, 3.05) is 0 Å². The minimum absolute atomic E-state index is 0.291. The zero-order valence-electron chi connectivity index (χ0n) is 10.9. The number of aryl methyl sites for hydroxylation is 1. The Morgan fingerprint density at radius 2 is 2.05 bits per heavy atom. The van der Waals surface area contributed by atoms with Crippen LogP contribution >= 0.6 is 0 Å². The number of aliphatic carboxylic acids is 1.